The number of aliphatic imine (C=N–C) groups is 5. The van der Waals surface area contributed by atoms with Crippen molar-refractivity contribution in [2.45, 2.75) is 164 Å². The summed E-state index contributed by atoms with van der Waals surface area (Å²) in [6.07, 6.45) is 23.8. The number of rotatable bonds is 30. The van der Waals surface area contributed by atoms with Crippen LogP contribution >= 0.6 is 0 Å². The van der Waals surface area contributed by atoms with E-state index in [2.05, 4.69) is 46.9 Å². The van der Waals surface area contributed by atoms with Gasteiger partial charge in [-0.05, 0) is 68.9 Å². The summed E-state index contributed by atoms with van der Waals surface area (Å²) in [5.74, 6) is 0.0757. The molecule has 0 aromatic heterocycles. The number of hydrogen-bond acceptors (Lipinski definition) is 18. The Balaban J connectivity index is 1.41. The van der Waals surface area contributed by atoms with Gasteiger partial charge in [0.15, 0.2) is 69.0 Å². The van der Waals surface area contributed by atoms with Crippen LogP contribution in [0.2, 0.25) is 0 Å². The Bertz CT molecular complexity index is 3430. The van der Waals surface area contributed by atoms with Crippen molar-refractivity contribution >= 4 is 65.2 Å². The highest BCUT2D eigenvalue weighted by atomic mass is 16.5. The van der Waals surface area contributed by atoms with Crippen LogP contribution in [0.25, 0.3) is 0 Å². The molecule has 7 N–H and O–H groups in total. The lowest BCUT2D eigenvalue weighted by Crippen LogP contribution is -2.05. The van der Waals surface area contributed by atoms with E-state index < -0.39 is 28.7 Å². The molecule has 0 amide bonds. The molecule has 18 heteroatoms. The van der Waals surface area contributed by atoms with Crippen LogP contribution < -0.4 is 33.7 Å². The highest BCUT2D eigenvalue weighted by molar-refractivity contribution is 5.97. The van der Waals surface area contributed by atoms with Crippen LogP contribution in [0.5, 0.6) is 69.0 Å². The van der Waals surface area contributed by atoms with Crippen LogP contribution in [-0.4, -0.2) is 101 Å². The van der Waals surface area contributed by atoms with Gasteiger partial charge in [0.1, 0.15) is 0 Å². The molecule has 4 aliphatic heterocycles. The molecule has 0 spiro atoms. The molecule has 18 nitrogen and oxygen atoms in total. The van der Waals surface area contributed by atoms with Gasteiger partial charge < -0.3 is 64.4 Å². The monoisotopic (exact) mass is 1230 g/mol. The Morgan fingerprint density at radius 2 is 0.533 bits per heavy atom. The minimum Gasteiger partial charge on any atom is -0.504 e. The first-order valence-electron chi connectivity index (χ1n) is 32.3. The molecule has 0 unspecified atom stereocenters. The Labute approximate surface area is 530 Å². The standard InChI is InChI=1S/C72H92N6O12/c1-7-13-19-31-85-61-37-55-56(38-62(61)86-32-20-14-8-2)74-44-50-27-28-52(70(82)68(50)80)46-76-59-41-65(89-35-23-17-11-5)66(90-36-24-18-12-6)42-60(59)78-48-54-30-29-53(71(83)72(54)84)47-77-58-40-64(88-34-22-16-10-4)63(87-33-21-15-9-3)39-57(58)75-45-51-26-25-49(43-73-55)67(79)69(51)81/h25-30,37-47,78-84H,7-24,31-36,48H2,1-6H3. The van der Waals surface area contributed by atoms with Gasteiger partial charge in [0, 0.05) is 107 Å². The maximum absolute atomic E-state index is 11.7. The highest BCUT2D eigenvalue weighted by Gasteiger charge is 2.20. The van der Waals surface area contributed by atoms with E-state index in [4.69, 9.17) is 53.4 Å². The van der Waals surface area contributed by atoms with Gasteiger partial charge in [0.25, 0.3) is 0 Å². The molecule has 6 bridgehead atoms. The van der Waals surface area contributed by atoms with Gasteiger partial charge >= 0.3 is 0 Å². The average Bonchev–Trinajstić information content (AvgIpc) is 1.48. The zero-order chi connectivity index (χ0) is 64.0. The number of unbranched alkanes of at least 4 members (excludes halogenated alkanes) is 12. The van der Waals surface area contributed by atoms with E-state index >= 15 is 0 Å². The molecule has 0 saturated heterocycles. The lowest BCUT2D eigenvalue weighted by molar-refractivity contribution is 0.260. The fraction of sp³-hybridized carbons (Fsp3) is 0.431. The molecule has 4 aliphatic rings. The predicted octanol–water partition coefficient (Wildman–Crippen LogP) is 18.0. The van der Waals surface area contributed by atoms with Crippen molar-refractivity contribution in [3.8, 4) is 69.0 Å². The minimum absolute atomic E-state index is 0.0142. The summed E-state index contributed by atoms with van der Waals surface area (Å²) in [5.41, 5.74) is 3.36. The summed E-state index contributed by atoms with van der Waals surface area (Å²) in [6, 6.07) is 20.1. The number of phenolic OH excluding ortho intramolecular Hbond substituents is 6. The van der Waals surface area contributed by atoms with Crippen LogP contribution in [0.15, 0.2) is 97.8 Å². The number of aromatic hydroxyl groups is 6. The molecule has 6 aromatic rings. The van der Waals surface area contributed by atoms with Crippen molar-refractivity contribution in [1.29, 1.82) is 0 Å². The molecule has 4 heterocycles. The molecule has 90 heavy (non-hydrogen) atoms. The molecule has 482 valence electrons. The van der Waals surface area contributed by atoms with Crippen molar-refractivity contribution in [3.05, 3.63) is 106 Å². The first kappa shape index (κ1) is 68.6. The fourth-order valence-corrected chi connectivity index (χ4v) is 9.58. The van der Waals surface area contributed by atoms with Gasteiger partial charge in [-0.1, -0.05) is 125 Å². The average molecular weight is 1230 g/mol. The van der Waals surface area contributed by atoms with Gasteiger partial charge in [-0.15, -0.1) is 0 Å². The first-order chi connectivity index (χ1) is 43.9. The second-order valence-electron chi connectivity index (χ2n) is 22.3. The third-order valence-corrected chi connectivity index (χ3v) is 15.1. The normalized spacial score (nSPS) is 12.2. The molecule has 0 radical (unpaired) electrons. The van der Waals surface area contributed by atoms with Crippen molar-refractivity contribution in [3.63, 3.8) is 0 Å². The van der Waals surface area contributed by atoms with Crippen LogP contribution in [0.1, 0.15) is 190 Å². The second kappa shape index (κ2) is 36.5. The number of benzene rings is 6. The maximum atomic E-state index is 11.7. The number of anilines is 1. The second-order valence-corrected chi connectivity index (χ2v) is 22.3. The smallest absolute Gasteiger partial charge is 0.167 e. The van der Waals surface area contributed by atoms with Crippen molar-refractivity contribution in [1.82, 2.24) is 0 Å². The number of phenols is 6. The highest BCUT2D eigenvalue weighted by Crippen LogP contribution is 2.45. The number of nitrogens with one attached hydrogen (secondary N) is 1. The topological polar surface area (TPSA) is 251 Å². The SMILES string of the molecule is CCCCCOc1cc2c(cc1OCCCCC)N=Cc1ccc(c(O)c1O)C=Nc1cc(OCCCCC)c(OCCCCC)cc1NCc1ccc(c(O)c1O)C=Nc1cc(OCCCCC)c(OCCCCC)cc1N=Cc1ccc(c(O)c1O)C=N2. The third kappa shape index (κ3) is 19.8. The first-order valence-corrected chi connectivity index (χ1v) is 32.3. The molecular weight excluding hydrogens is 1140 g/mol. The van der Waals surface area contributed by atoms with Gasteiger partial charge in [0.05, 0.1) is 73.8 Å². The zero-order valence-corrected chi connectivity index (χ0v) is 53.4. The third-order valence-electron chi connectivity index (χ3n) is 15.1. The van der Waals surface area contributed by atoms with E-state index in [1.165, 1.54) is 31.1 Å². The number of ether oxygens (including phenoxy) is 6. The van der Waals surface area contributed by atoms with E-state index in [9.17, 15) is 30.6 Å². The van der Waals surface area contributed by atoms with Crippen molar-refractivity contribution < 1.29 is 59.1 Å². The van der Waals surface area contributed by atoms with Crippen LogP contribution in [0.4, 0.5) is 34.1 Å². The number of hydrogen-bond donors (Lipinski definition) is 7. The Kier molecular flexibility index (Phi) is 27.8. The van der Waals surface area contributed by atoms with Gasteiger partial charge in [-0.25, -0.2) is 0 Å². The van der Waals surface area contributed by atoms with Crippen LogP contribution in [0.3, 0.4) is 0 Å². The van der Waals surface area contributed by atoms with E-state index in [0.29, 0.717) is 114 Å². The molecule has 0 fully saturated rings. The van der Waals surface area contributed by atoms with E-state index in [1.54, 1.807) is 72.8 Å². The Hall–Kier alpha value is -8.93. The van der Waals surface area contributed by atoms with Gasteiger partial charge in [0.2, 0.25) is 0 Å². The Morgan fingerprint density at radius 3 is 0.811 bits per heavy atom. The predicted molar refractivity (Wildman–Crippen MR) is 362 cm³/mol. The molecule has 10 rings (SSSR count). The van der Waals surface area contributed by atoms with Crippen molar-refractivity contribution in [2.24, 2.45) is 25.0 Å². The molecular formula is C72H92N6O12. The largest absolute Gasteiger partial charge is 0.504 e. The maximum Gasteiger partial charge on any atom is 0.167 e. The molecule has 0 atom stereocenters. The summed E-state index contributed by atoms with van der Waals surface area (Å²) in [6.45, 7) is 15.3. The summed E-state index contributed by atoms with van der Waals surface area (Å²) >= 11 is 0. The van der Waals surface area contributed by atoms with Gasteiger partial charge in [-0.2, -0.15) is 0 Å². The minimum atomic E-state index is -0.470. The van der Waals surface area contributed by atoms with E-state index in [-0.39, 0.29) is 40.1 Å². The fourth-order valence-electron chi connectivity index (χ4n) is 9.58. The quantitative estimate of drug-likeness (QED) is 0.0164. The van der Waals surface area contributed by atoms with Crippen LogP contribution in [-0.2, 0) is 6.54 Å². The van der Waals surface area contributed by atoms with E-state index in [1.807, 2.05) is 0 Å². The lowest BCUT2D eigenvalue weighted by atomic mass is 10.1. The number of fused-ring (bicyclic) bond motifs is 3. The van der Waals surface area contributed by atoms with Crippen LogP contribution in [0, 0.1) is 0 Å². The van der Waals surface area contributed by atoms with Gasteiger partial charge in [-0.3, -0.25) is 25.0 Å². The summed E-state index contributed by atoms with van der Waals surface area (Å²) in [5, 5.41) is 73.2. The summed E-state index contributed by atoms with van der Waals surface area (Å²) < 4.78 is 38.1. The molecule has 0 aliphatic carbocycles. The number of nitrogens with zero attached hydrogens (tertiary/aromatic N) is 5. The summed E-state index contributed by atoms with van der Waals surface area (Å²) in [7, 11) is 0. The lowest BCUT2D eigenvalue weighted by Gasteiger charge is -2.18. The Morgan fingerprint density at radius 1 is 0.300 bits per heavy atom. The van der Waals surface area contributed by atoms with E-state index in [0.717, 1.165) is 116 Å². The molecule has 0 saturated carbocycles. The van der Waals surface area contributed by atoms with Crippen molar-refractivity contribution in [2.75, 3.05) is 45.0 Å². The molecule has 6 aromatic carbocycles. The zero-order valence-electron chi connectivity index (χ0n) is 53.4. The summed E-state index contributed by atoms with van der Waals surface area (Å²) in [4.78, 5) is 24.1.